The van der Waals surface area contributed by atoms with Crippen molar-refractivity contribution in [2.75, 3.05) is 25.0 Å². The van der Waals surface area contributed by atoms with Gasteiger partial charge in [-0.3, -0.25) is 9.59 Å². The Kier molecular flexibility index (Phi) is 7.31. The number of carbonyl (C=O) groups excluding carboxylic acids is 2. The number of ether oxygens (including phenoxy) is 1. The van der Waals surface area contributed by atoms with Crippen molar-refractivity contribution in [3.63, 3.8) is 0 Å². The number of hydrogen-bond acceptors (Lipinski definition) is 5. The Balaban J connectivity index is 1.94. The molecule has 0 fully saturated rings. The molecule has 2 rings (SSSR count). The van der Waals surface area contributed by atoms with Gasteiger partial charge in [-0.05, 0) is 55.5 Å². The maximum absolute atomic E-state index is 12.5. The van der Waals surface area contributed by atoms with Crippen LogP contribution >= 0.6 is 0 Å². The number of rotatable bonds is 9. The van der Waals surface area contributed by atoms with E-state index in [9.17, 15) is 18.0 Å². The van der Waals surface area contributed by atoms with Gasteiger partial charge in [-0.15, -0.1) is 0 Å². The van der Waals surface area contributed by atoms with Gasteiger partial charge in [0.1, 0.15) is 5.75 Å². The van der Waals surface area contributed by atoms with Crippen molar-refractivity contribution in [2.24, 2.45) is 0 Å². The quantitative estimate of drug-likeness (QED) is 0.649. The molecule has 0 heterocycles. The third kappa shape index (κ3) is 5.40. The fourth-order valence-electron chi connectivity index (χ4n) is 2.55. The molecule has 0 unspecified atom stereocenters. The second-order valence-electron chi connectivity index (χ2n) is 6.03. The highest BCUT2D eigenvalue weighted by molar-refractivity contribution is 7.89. The molecule has 0 radical (unpaired) electrons. The van der Waals surface area contributed by atoms with Crippen molar-refractivity contribution in [1.29, 1.82) is 0 Å². The average Bonchev–Trinajstić information content (AvgIpc) is 2.68. The van der Waals surface area contributed by atoms with E-state index < -0.39 is 10.0 Å². The van der Waals surface area contributed by atoms with Crippen LogP contribution in [0, 0.1) is 0 Å². The molecule has 7 nitrogen and oxygen atoms in total. The fourth-order valence-corrected chi connectivity index (χ4v) is 4.01. The summed E-state index contributed by atoms with van der Waals surface area (Å²) < 4.78 is 31.7. The highest BCUT2D eigenvalue weighted by Crippen LogP contribution is 2.18. The predicted molar refractivity (Wildman–Crippen MR) is 107 cm³/mol. The number of sulfonamides is 1. The first-order valence-corrected chi connectivity index (χ1v) is 10.4. The molecule has 2 aromatic carbocycles. The van der Waals surface area contributed by atoms with Crippen LogP contribution in [-0.4, -0.2) is 44.1 Å². The van der Waals surface area contributed by atoms with Gasteiger partial charge in [0.15, 0.2) is 12.4 Å². The molecule has 28 heavy (non-hydrogen) atoms. The van der Waals surface area contributed by atoms with Crippen LogP contribution in [0.3, 0.4) is 0 Å². The number of benzene rings is 2. The minimum absolute atomic E-state index is 0.0456. The van der Waals surface area contributed by atoms with Gasteiger partial charge in [-0.1, -0.05) is 13.8 Å². The summed E-state index contributed by atoms with van der Waals surface area (Å²) in [5, 5.41) is 2.65. The lowest BCUT2D eigenvalue weighted by atomic mass is 10.1. The van der Waals surface area contributed by atoms with Gasteiger partial charge < -0.3 is 10.1 Å². The number of carbonyl (C=O) groups is 2. The second-order valence-corrected chi connectivity index (χ2v) is 7.97. The van der Waals surface area contributed by atoms with Gasteiger partial charge >= 0.3 is 0 Å². The molecule has 8 heteroatoms. The molecule has 0 aromatic heterocycles. The lowest BCUT2D eigenvalue weighted by Crippen LogP contribution is -2.30. The third-order valence-corrected chi connectivity index (χ3v) is 6.18. The van der Waals surface area contributed by atoms with Crippen molar-refractivity contribution in [3.8, 4) is 5.75 Å². The van der Waals surface area contributed by atoms with Crippen LogP contribution in [0.4, 0.5) is 5.69 Å². The fraction of sp³-hybridized carbons (Fsp3) is 0.300. The molecule has 0 bridgehead atoms. The van der Waals surface area contributed by atoms with Crippen molar-refractivity contribution < 1.29 is 22.7 Å². The number of ketones is 1. The van der Waals surface area contributed by atoms with E-state index in [1.807, 2.05) is 0 Å². The Labute approximate surface area is 165 Å². The maximum Gasteiger partial charge on any atom is 0.262 e. The van der Waals surface area contributed by atoms with E-state index in [1.54, 1.807) is 38.1 Å². The minimum Gasteiger partial charge on any atom is -0.484 e. The second kappa shape index (κ2) is 9.48. The number of nitrogens with zero attached hydrogens (tertiary/aromatic N) is 1. The first kappa shape index (κ1) is 21.6. The number of nitrogens with one attached hydrogen (secondary N) is 1. The maximum atomic E-state index is 12.5. The van der Waals surface area contributed by atoms with Crippen molar-refractivity contribution in [1.82, 2.24) is 4.31 Å². The Bertz CT molecular complexity index is 918. The largest absolute Gasteiger partial charge is 0.484 e. The van der Waals surface area contributed by atoms with Crippen LogP contribution in [0.5, 0.6) is 5.75 Å². The summed E-state index contributed by atoms with van der Waals surface area (Å²) in [6.07, 6.45) is 0. The Hall–Kier alpha value is -2.71. The Morgan fingerprint density at radius 1 is 0.964 bits per heavy atom. The summed E-state index contributed by atoms with van der Waals surface area (Å²) in [5.74, 6) is 0.0477. The molecule has 150 valence electrons. The molecule has 1 amide bonds. The summed E-state index contributed by atoms with van der Waals surface area (Å²) >= 11 is 0. The summed E-state index contributed by atoms with van der Waals surface area (Å²) in [4.78, 5) is 23.4. The van der Waals surface area contributed by atoms with Crippen molar-refractivity contribution in [3.05, 3.63) is 54.1 Å². The normalized spacial score (nSPS) is 11.3. The van der Waals surface area contributed by atoms with E-state index in [2.05, 4.69) is 5.32 Å². The number of hydrogen-bond donors (Lipinski definition) is 1. The van der Waals surface area contributed by atoms with Crippen LogP contribution < -0.4 is 10.1 Å². The molecular weight excluding hydrogens is 380 g/mol. The molecule has 0 aliphatic heterocycles. The zero-order chi connectivity index (χ0) is 20.7. The summed E-state index contributed by atoms with van der Waals surface area (Å²) in [6, 6.07) is 12.5. The predicted octanol–water partition coefficient (Wildman–Crippen LogP) is 2.94. The van der Waals surface area contributed by atoms with E-state index in [0.717, 1.165) is 0 Å². The van der Waals surface area contributed by atoms with Gasteiger partial charge in [0.25, 0.3) is 5.91 Å². The summed E-state index contributed by atoms with van der Waals surface area (Å²) in [5.41, 5.74) is 1.04. The van der Waals surface area contributed by atoms with E-state index >= 15 is 0 Å². The summed E-state index contributed by atoms with van der Waals surface area (Å²) in [7, 11) is -3.53. The topological polar surface area (TPSA) is 92.8 Å². The zero-order valence-electron chi connectivity index (χ0n) is 16.1. The van der Waals surface area contributed by atoms with Crippen molar-refractivity contribution in [2.45, 2.75) is 25.7 Å². The molecule has 0 spiro atoms. The first-order valence-electron chi connectivity index (χ1n) is 8.91. The highest BCUT2D eigenvalue weighted by Gasteiger charge is 2.21. The zero-order valence-corrected chi connectivity index (χ0v) is 17.0. The number of amides is 1. The minimum atomic E-state index is -3.53. The van der Waals surface area contributed by atoms with E-state index in [1.165, 1.54) is 35.5 Å². The van der Waals surface area contributed by atoms with Crippen LogP contribution in [0.1, 0.15) is 31.1 Å². The van der Waals surface area contributed by atoms with Crippen LogP contribution in [0.2, 0.25) is 0 Å². The summed E-state index contributed by atoms with van der Waals surface area (Å²) in [6.45, 7) is 5.61. The monoisotopic (exact) mass is 404 g/mol. The lowest BCUT2D eigenvalue weighted by molar-refractivity contribution is -0.118. The Morgan fingerprint density at radius 2 is 1.54 bits per heavy atom. The average molecular weight is 404 g/mol. The van der Waals surface area contributed by atoms with Gasteiger partial charge in [-0.2, -0.15) is 4.31 Å². The van der Waals surface area contributed by atoms with E-state index in [0.29, 0.717) is 30.1 Å². The molecule has 0 aliphatic carbocycles. The highest BCUT2D eigenvalue weighted by atomic mass is 32.2. The molecule has 2 aromatic rings. The molecule has 0 saturated heterocycles. The van der Waals surface area contributed by atoms with Gasteiger partial charge in [0, 0.05) is 24.3 Å². The van der Waals surface area contributed by atoms with Crippen molar-refractivity contribution >= 4 is 27.4 Å². The van der Waals surface area contributed by atoms with Gasteiger partial charge in [0.05, 0.1) is 4.90 Å². The standard InChI is InChI=1S/C20H24N2O5S/c1-4-22(5-2)28(25,26)19-12-8-17(9-13-19)21-20(24)14-27-18-10-6-16(7-11-18)15(3)23/h6-13H,4-5,14H2,1-3H3,(H,21,24). The smallest absolute Gasteiger partial charge is 0.262 e. The van der Waals surface area contributed by atoms with Crippen LogP contribution in [0.25, 0.3) is 0 Å². The molecular formula is C20H24N2O5S. The SMILES string of the molecule is CCN(CC)S(=O)(=O)c1ccc(NC(=O)COc2ccc(C(C)=O)cc2)cc1. The molecule has 0 atom stereocenters. The Morgan fingerprint density at radius 3 is 2.04 bits per heavy atom. The number of anilines is 1. The lowest BCUT2D eigenvalue weighted by Gasteiger charge is -2.18. The third-order valence-electron chi connectivity index (χ3n) is 4.11. The number of Topliss-reactive ketones (excluding diaryl/α,β-unsaturated/α-hetero) is 1. The van der Waals surface area contributed by atoms with E-state index in [-0.39, 0.29) is 23.2 Å². The van der Waals surface area contributed by atoms with Gasteiger partial charge in [-0.25, -0.2) is 8.42 Å². The van der Waals surface area contributed by atoms with Crippen LogP contribution in [-0.2, 0) is 14.8 Å². The first-order chi connectivity index (χ1) is 13.3. The van der Waals surface area contributed by atoms with Crippen LogP contribution in [0.15, 0.2) is 53.4 Å². The molecule has 0 aliphatic rings. The van der Waals surface area contributed by atoms with E-state index in [4.69, 9.17) is 4.74 Å². The van der Waals surface area contributed by atoms with Gasteiger partial charge in [0.2, 0.25) is 10.0 Å². The molecule has 0 saturated carbocycles. The molecule has 1 N–H and O–H groups in total.